The van der Waals surface area contributed by atoms with Gasteiger partial charge in [0.25, 0.3) is 0 Å². The molecule has 0 saturated heterocycles. The third-order valence-electron chi connectivity index (χ3n) is 2.70. The molecule has 1 amide bonds. The van der Waals surface area contributed by atoms with Crippen LogP contribution in [0.2, 0.25) is 0 Å². The molecule has 0 saturated carbocycles. The Morgan fingerprint density at radius 2 is 2.29 bits per heavy atom. The Labute approximate surface area is 99.0 Å². The highest BCUT2D eigenvalue weighted by atomic mass is 16.4. The van der Waals surface area contributed by atoms with Gasteiger partial charge in [-0.25, -0.2) is 0 Å². The summed E-state index contributed by atoms with van der Waals surface area (Å²) in [5, 5.41) is 11.5. The van der Waals surface area contributed by atoms with Gasteiger partial charge in [-0.2, -0.15) is 0 Å². The molecule has 1 aromatic rings. The molecule has 1 aromatic carbocycles. The first-order valence-corrected chi connectivity index (χ1v) is 5.43. The topological polar surface area (TPSA) is 69.6 Å². The molecule has 2 rings (SSSR count). The lowest BCUT2D eigenvalue weighted by Gasteiger charge is -2.30. The highest BCUT2D eigenvalue weighted by Crippen LogP contribution is 2.30. The molecule has 0 radical (unpaired) electrons. The lowest BCUT2D eigenvalue weighted by molar-refractivity contribution is -0.136. The normalized spacial score (nSPS) is 14.2. The summed E-state index contributed by atoms with van der Waals surface area (Å²) in [4.78, 5) is 23.8. The molecule has 5 heteroatoms. The monoisotopic (exact) mass is 234 g/mol. The first kappa shape index (κ1) is 11.4. The van der Waals surface area contributed by atoms with Crippen molar-refractivity contribution in [2.45, 2.75) is 13.3 Å². The van der Waals surface area contributed by atoms with Gasteiger partial charge in [-0.1, -0.05) is 6.07 Å². The molecular weight excluding hydrogens is 220 g/mol. The highest BCUT2D eigenvalue weighted by molar-refractivity contribution is 6.01. The number of carboxylic acid groups (broad SMARTS) is 1. The van der Waals surface area contributed by atoms with Crippen molar-refractivity contribution in [1.82, 2.24) is 0 Å². The zero-order valence-electron chi connectivity index (χ0n) is 9.56. The highest BCUT2D eigenvalue weighted by Gasteiger charge is 2.21. The number of rotatable bonds is 3. The molecule has 0 atom stereocenters. The summed E-state index contributed by atoms with van der Waals surface area (Å²) < 4.78 is 0. The zero-order valence-corrected chi connectivity index (χ0v) is 9.56. The van der Waals surface area contributed by atoms with Crippen LogP contribution < -0.4 is 10.2 Å². The second-order valence-electron chi connectivity index (χ2n) is 4.13. The Morgan fingerprint density at radius 3 is 3.00 bits per heavy atom. The molecule has 0 unspecified atom stereocenters. The standard InChI is InChI=1S/C12H14N2O3/c1-8-2-3-10-9(6-8)13-11(15)7-14(10)5-4-12(16)17/h2-3,6H,4-5,7H2,1H3,(H,13,15)(H,16,17). The van der Waals surface area contributed by atoms with Crippen molar-refractivity contribution in [3.05, 3.63) is 23.8 Å². The van der Waals surface area contributed by atoms with Crippen molar-refractivity contribution in [3.63, 3.8) is 0 Å². The summed E-state index contributed by atoms with van der Waals surface area (Å²) in [7, 11) is 0. The second-order valence-corrected chi connectivity index (χ2v) is 4.13. The summed E-state index contributed by atoms with van der Waals surface area (Å²) in [6.45, 7) is 2.50. The molecule has 1 aliphatic heterocycles. The maximum Gasteiger partial charge on any atom is 0.305 e. The number of aliphatic carboxylic acids is 1. The third kappa shape index (κ3) is 2.55. The number of hydrogen-bond acceptors (Lipinski definition) is 3. The summed E-state index contributed by atoms with van der Waals surface area (Å²) in [6, 6.07) is 5.75. The van der Waals surface area contributed by atoms with Crippen LogP contribution in [0.4, 0.5) is 11.4 Å². The van der Waals surface area contributed by atoms with Crippen molar-refractivity contribution in [2.24, 2.45) is 0 Å². The van der Waals surface area contributed by atoms with Crippen LogP contribution >= 0.6 is 0 Å². The number of amides is 1. The number of carbonyl (C=O) groups excluding carboxylic acids is 1. The SMILES string of the molecule is Cc1ccc2c(c1)NC(=O)CN2CCC(=O)O. The zero-order chi connectivity index (χ0) is 12.4. The summed E-state index contributed by atoms with van der Waals surface area (Å²) in [5.41, 5.74) is 2.70. The van der Waals surface area contributed by atoms with Crippen LogP contribution in [0.25, 0.3) is 0 Å². The molecule has 2 N–H and O–H groups in total. The van der Waals surface area contributed by atoms with Gasteiger partial charge in [0.2, 0.25) is 5.91 Å². The van der Waals surface area contributed by atoms with Gasteiger partial charge in [-0.15, -0.1) is 0 Å². The van der Waals surface area contributed by atoms with E-state index in [2.05, 4.69) is 5.32 Å². The van der Waals surface area contributed by atoms with Crippen molar-refractivity contribution in [3.8, 4) is 0 Å². The number of carboxylic acids is 1. The number of aryl methyl sites for hydroxylation is 1. The Balaban J connectivity index is 2.24. The fourth-order valence-electron chi connectivity index (χ4n) is 1.90. The lowest BCUT2D eigenvalue weighted by atomic mass is 10.1. The average Bonchev–Trinajstić information content (AvgIpc) is 2.24. The Bertz CT molecular complexity index is 471. The largest absolute Gasteiger partial charge is 0.481 e. The molecule has 90 valence electrons. The molecule has 0 aliphatic carbocycles. The predicted octanol–water partition coefficient (Wildman–Crippen LogP) is 1.23. The van der Waals surface area contributed by atoms with E-state index in [1.807, 2.05) is 25.1 Å². The van der Waals surface area contributed by atoms with E-state index in [0.717, 1.165) is 16.9 Å². The number of nitrogens with one attached hydrogen (secondary N) is 1. The molecule has 1 heterocycles. The van der Waals surface area contributed by atoms with E-state index < -0.39 is 5.97 Å². The van der Waals surface area contributed by atoms with Crippen LogP contribution in [0, 0.1) is 6.92 Å². The maximum atomic E-state index is 11.5. The number of hydrogen-bond donors (Lipinski definition) is 2. The van der Waals surface area contributed by atoms with Gasteiger partial charge in [0.1, 0.15) is 0 Å². The van der Waals surface area contributed by atoms with Gasteiger partial charge in [0.15, 0.2) is 0 Å². The minimum absolute atomic E-state index is 0.0284. The van der Waals surface area contributed by atoms with Gasteiger partial charge in [-0.3, -0.25) is 9.59 Å². The quantitative estimate of drug-likeness (QED) is 0.825. The van der Waals surface area contributed by atoms with Crippen molar-refractivity contribution in [1.29, 1.82) is 0 Å². The minimum atomic E-state index is -0.857. The maximum absolute atomic E-state index is 11.5. The van der Waals surface area contributed by atoms with Gasteiger partial charge in [0.05, 0.1) is 24.3 Å². The van der Waals surface area contributed by atoms with E-state index in [9.17, 15) is 9.59 Å². The van der Waals surface area contributed by atoms with Gasteiger partial charge < -0.3 is 15.3 Å². The molecule has 0 spiro atoms. The number of carbonyl (C=O) groups is 2. The summed E-state index contributed by atoms with van der Waals surface area (Å²) in [5.74, 6) is -0.960. The van der Waals surface area contributed by atoms with Crippen LogP contribution in [0.5, 0.6) is 0 Å². The first-order chi connectivity index (χ1) is 8.06. The average molecular weight is 234 g/mol. The van der Waals surface area contributed by atoms with E-state index in [4.69, 9.17) is 5.11 Å². The van der Waals surface area contributed by atoms with Crippen LogP contribution in [0.3, 0.4) is 0 Å². The second kappa shape index (κ2) is 4.45. The lowest BCUT2D eigenvalue weighted by Crippen LogP contribution is -2.39. The molecule has 5 nitrogen and oxygen atoms in total. The van der Waals surface area contributed by atoms with Crippen LogP contribution in [0.1, 0.15) is 12.0 Å². The number of anilines is 2. The predicted molar refractivity (Wildman–Crippen MR) is 64.3 cm³/mol. The minimum Gasteiger partial charge on any atom is -0.481 e. The van der Waals surface area contributed by atoms with E-state index in [0.29, 0.717) is 6.54 Å². The number of fused-ring (bicyclic) bond motifs is 1. The van der Waals surface area contributed by atoms with E-state index in [1.54, 1.807) is 4.90 Å². The van der Waals surface area contributed by atoms with Gasteiger partial charge in [0, 0.05) is 6.54 Å². The smallest absolute Gasteiger partial charge is 0.305 e. The Kier molecular flexibility index (Phi) is 2.99. The molecule has 0 aromatic heterocycles. The fraction of sp³-hybridized carbons (Fsp3) is 0.333. The summed E-state index contributed by atoms with van der Waals surface area (Å²) >= 11 is 0. The van der Waals surface area contributed by atoms with E-state index >= 15 is 0 Å². The van der Waals surface area contributed by atoms with Crippen LogP contribution in [-0.2, 0) is 9.59 Å². The van der Waals surface area contributed by atoms with Crippen molar-refractivity contribution < 1.29 is 14.7 Å². The summed E-state index contributed by atoms with van der Waals surface area (Å²) in [6.07, 6.45) is 0.0284. The Morgan fingerprint density at radius 1 is 1.53 bits per heavy atom. The number of benzene rings is 1. The molecular formula is C12H14N2O3. The van der Waals surface area contributed by atoms with Crippen molar-refractivity contribution in [2.75, 3.05) is 23.3 Å². The van der Waals surface area contributed by atoms with E-state index in [-0.39, 0.29) is 18.9 Å². The first-order valence-electron chi connectivity index (χ1n) is 5.43. The van der Waals surface area contributed by atoms with Crippen LogP contribution in [0.15, 0.2) is 18.2 Å². The van der Waals surface area contributed by atoms with Crippen LogP contribution in [-0.4, -0.2) is 30.1 Å². The fourth-order valence-corrected chi connectivity index (χ4v) is 1.90. The molecule has 0 bridgehead atoms. The third-order valence-corrected chi connectivity index (χ3v) is 2.70. The van der Waals surface area contributed by atoms with Gasteiger partial charge >= 0.3 is 5.97 Å². The molecule has 0 fully saturated rings. The van der Waals surface area contributed by atoms with Gasteiger partial charge in [-0.05, 0) is 24.6 Å². The van der Waals surface area contributed by atoms with E-state index in [1.165, 1.54) is 0 Å². The molecule has 1 aliphatic rings. The Hall–Kier alpha value is -2.04. The molecule has 17 heavy (non-hydrogen) atoms. The number of nitrogens with zero attached hydrogens (tertiary/aromatic N) is 1. The van der Waals surface area contributed by atoms with Crippen molar-refractivity contribution >= 4 is 23.3 Å².